The van der Waals surface area contributed by atoms with Gasteiger partial charge < -0.3 is 19.5 Å². The van der Waals surface area contributed by atoms with Crippen molar-refractivity contribution in [1.29, 1.82) is 0 Å². The molecule has 0 aliphatic carbocycles. The van der Waals surface area contributed by atoms with E-state index in [-0.39, 0.29) is 19.0 Å². The lowest BCUT2D eigenvalue weighted by Gasteiger charge is -2.38. The quantitative estimate of drug-likeness (QED) is 0.696. The van der Waals surface area contributed by atoms with Crippen LogP contribution in [0.2, 0.25) is 0 Å². The molecule has 0 rings (SSSR count). The van der Waals surface area contributed by atoms with Gasteiger partial charge in [0.15, 0.2) is 11.4 Å². The first kappa shape index (κ1) is 19.7. The number of carboxylic acids is 1. The molecule has 0 bridgehead atoms. The topological polar surface area (TPSA) is 77.4 Å². The molecule has 0 amide bonds. The van der Waals surface area contributed by atoms with Crippen LogP contribution in [-0.2, 0) is 9.59 Å². The van der Waals surface area contributed by atoms with Crippen molar-refractivity contribution in [2.45, 2.75) is 32.8 Å². The summed E-state index contributed by atoms with van der Waals surface area (Å²) in [5.74, 6) is -1.89. The van der Waals surface area contributed by atoms with E-state index < -0.39 is 29.2 Å². The standard InChI is InChI=1S/C12H23NO4.ClH/c1-11(2,3)10(16)12(17,7-9(14)15)8-13(4,5)6;/h17H,7-8H2,1-6H3;1H/t12-;/m1./s1. The maximum atomic E-state index is 12.1. The molecule has 0 aromatic rings. The zero-order valence-corrected chi connectivity index (χ0v) is 12.8. The minimum Gasteiger partial charge on any atom is -0.550 e. The highest BCUT2D eigenvalue weighted by Crippen LogP contribution is 2.27. The van der Waals surface area contributed by atoms with Crippen molar-refractivity contribution in [3.63, 3.8) is 0 Å². The van der Waals surface area contributed by atoms with Gasteiger partial charge in [0.1, 0.15) is 6.54 Å². The molecule has 0 aromatic carbocycles. The van der Waals surface area contributed by atoms with Crippen LogP contribution in [0.1, 0.15) is 27.2 Å². The summed E-state index contributed by atoms with van der Waals surface area (Å²) >= 11 is 0. The zero-order valence-electron chi connectivity index (χ0n) is 11.9. The monoisotopic (exact) mass is 281 g/mol. The van der Waals surface area contributed by atoms with Gasteiger partial charge in [-0.15, -0.1) is 12.4 Å². The van der Waals surface area contributed by atoms with E-state index in [1.54, 1.807) is 41.9 Å². The van der Waals surface area contributed by atoms with Gasteiger partial charge in [-0.3, -0.25) is 4.79 Å². The maximum Gasteiger partial charge on any atom is 0.177 e. The minimum atomic E-state index is -1.88. The molecule has 0 aliphatic heterocycles. The molecule has 108 valence electrons. The van der Waals surface area contributed by atoms with Gasteiger partial charge in [-0.1, -0.05) is 20.8 Å². The molecule has 0 aromatic heterocycles. The van der Waals surface area contributed by atoms with Crippen LogP contribution in [0.15, 0.2) is 0 Å². The molecular weight excluding hydrogens is 258 g/mol. The molecule has 0 heterocycles. The van der Waals surface area contributed by atoms with Crippen LogP contribution >= 0.6 is 12.4 Å². The maximum absolute atomic E-state index is 12.1. The average Bonchev–Trinajstić information content (AvgIpc) is 1.95. The van der Waals surface area contributed by atoms with E-state index in [4.69, 9.17) is 0 Å². The van der Waals surface area contributed by atoms with E-state index in [1.165, 1.54) is 0 Å². The number of ketones is 1. The normalized spacial score (nSPS) is 15.5. The Morgan fingerprint density at radius 3 is 1.78 bits per heavy atom. The van der Waals surface area contributed by atoms with Crippen molar-refractivity contribution in [2.75, 3.05) is 27.7 Å². The highest BCUT2D eigenvalue weighted by atomic mass is 35.5. The molecule has 0 radical (unpaired) electrons. The number of aliphatic hydroxyl groups is 1. The van der Waals surface area contributed by atoms with Crippen LogP contribution in [0.4, 0.5) is 0 Å². The van der Waals surface area contributed by atoms with Gasteiger partial charge in [0.25, 0.3) is 0 Å². The number of Topliss-reactive ketones (excluding diaryl/α,β-unsaturated/α-hetero) is 1. The first-order chi connectivity index (χ1) is 7.28. The molecule has 0 spiro atoms. The van der Waals surface area contributed by atoms with E-state index in [1.807, 2.05) is 0 Å². The molecular formula is C12H24ClNO4. The summed E-state index contributed by atoms with van der Waals surface area (Å²) in [6.45, 7) is 5.01. The molecule has 1 N–H and O–H groups in total. The van der Waals surface area contributed by atoms with Crippen molar-refractivity contribution in [2.24, 2.45) is 5.41 Å². The molecule has 0 saturated carbocycles. The van der Waals surface area contributed by atoms with Crippen molar-refractivity contribution in [3.05, 3.63) is 0 Å². The van der Waals surface area contributed by atoms with Crippen molar-refractivity contribution in [3.8, 4) is 0 Å². The lowest BCUT2D eigenvalue weighted by molar-refractivity contribution is -0.875. The first-order valence-corrected chi connectivity index (χ1v) is 5.55. The number of hydrogen-bond donors (Lipinski definition) is 1. The summed E-state index contributed by atoms with van der Waals surface area (Å²) in [6.07, 6.45) is -0.668. The summed E-state index contributed by atoms with van der Waals surface area (Å²) < 4.78 is 0.297. The fourth-order valence-electron chi connectivity index (χ4n) is 1.93. The Bertz CT molecular complexity index is 317. The number of halogens is 1. The lowest BCUT2D eigenvalue weighted by Crippen LogP contribution is -2.58. The molecule has 0 aliphatic rings. The highest BCUT2D eigenvalue weighted by Gasteiger charge is 2.45. The second-order valence-corrected chi connectivity index (χ2v) is 6.61. The van der Waals surface area contributed by atoms with Crippen LogP contribution in [0, 0.1) is 5.41 Å². The number of nitrogens with zero attached hydrogens (tertiary/aromatic N) is 1. The van der Waals surface area contributed by atoms with Gasteiger partial charge in [-0.25, -0.2) is 0 Å². The largest absolute Gasteiger partial charge is 0.550 e. The Labute approximate surface area is 115 Å². The number of aliphatic carboxylic acids is 1. The van der Waals surface area contributed by atoms with Crippen LogP contribution in [-0.4, -0.2) is 54.6 Å². The van der Waals surface area contributed by atoms with E-state index in [2.05, 4.69) is 0 Å². The Balaban J connectivity index is 0. The van der Waals surface area contributed by atoms with Gasteiger partial charge in [-0.05, 0) is 0 Å². The smallest absolute Gasteiger partial charge is 0.177 e. The Morgan fingerprint density at radius 1 is 1.17 bits per heavy atom. The third-order valence-electron chi connectivity index (χ3n) is 2.28. The van der Waals surface area contributed by atoms with Crippen molar-refractivity contribution < 1.29 is 24.3 Å². The number of quaternary nitrogens is 1. The predicted molar refractivity (Wildman–Crippen MR) is 69.2 cm³/mol. The van der Waals surface area contributed by atoms with Crippen molar-refractivity contribution in [1.82, 2.24) is 0 Å². The lowest BCUT2D eigenvalue weighted by atomic mass is 9.78. The second-order valence-electron chi connectivity index (χ2n) is 6.61. The number of rotatable bonds is 5. The molecule has 0 unspecified atom stereocenters. The van der Waals surface area contributed by atoms with Crippen LogP contribution in [0.5, 0.6) is 0 Å². The highest BCUT2D eigenvalue weighted by molar-refractivity contribution is 5.94. The van der Waals surface area contributed by atoms with Gasteiger partial charge in [0.05, 0.1) is 21.1 Å². The predicted octanol–water partition coefficient (Wildman–Crippen LogP) is -0.399. The molecule has 0 saturated heterocycles. The van der Waals surface area contributed by atoms with Crippen molar-refractivity contribution >= 4 is 24.2 Å². The summed E-state index contributed by atoms with van der Waals surface area (Å²) in [5, 5.41) is 21.0. The second kappa shape index (κ2) is 5.99. The summed E-state index contributed by atoms with van der Waals surface area (Å²) in [5.41, 5.74) is -2.67. The van der Waals surface area contributed by atoms with Crippen LogP contribution in [0.25, 0.3) is 0 Å². The molecule has 5 nitrogen and oxygen atoms in total. The summed E-state index contributed by atoms with van der Waals surface area (Å²) in [6, 6.07) is 0. The third-order valence-corrected chi connectivity index (χ3v) is 2.28. The number of likely N-dealkylation sites (N-methyl/N-ethyl adjacent to an activating group) is 1. The van der Waals surface area contributed by atoms with Crippen LogP contribution < -0.4 is 5.11 Å². The Hall–Kier alpha value is -0.650. The Kier molecular flexibility index (Phi) is 6.56. The SMILES string of the molecule is CC(C)(C)C(=O)[C@@](O)(CC(=O)[O-])C[N+](C)(C)C.Cl. The Morgan fingerprint density at radius 2 is 1.56 bits per heavy atom. The molecule has 6 heteroatoms. The van der Waals surface area contributed by atoms with Gasteiger partial charge in [-0.2, -0.15) is 0 Å². The van der Waals surface area contributed by atoms with E-state index in [0.717, 1.165) is 0 Å². The average molecular weight is 282 g/mol. The number of hydrogen-bond acceptors (Lipinski definition) is 4. The van der Waals surface area contributed by atoms with E-state index in [0.29, 0.717) is 4.48 Å². The fourth-order valence-corrected chi connectivity index (χ4v) is 1.93. The summed E-state index contributed by atoms with van der Waals surface area (Å²) in [4.78, 5) is 22.9. The third kappa shape index (κ3) is 6.33. The van der Waals surface area contributed by atoms with Gasteiger partial charge in [0.2, 0.25) is 0 Å². The number of carboxylic acid groups (broad SMARTS) is 1. The zero-order chi connectivity index (χ0) is 14.1. The van der Waals surface area contributed by atoms with Gasteiger partial charge >= 0.3 is 0 Å². The fraction of sp³-hybridized carbons (Fsp3) is 0.833. The first-order valence-electron chi connectivity index (χ1n) is 5.55. The minimum absolute atomic E-state index is 0. The number of carbonyl (C=O) groups excluding carboxylic acids is 2. The molecule has 18 heavy (non-hydrogen) atoms. The van der Waals surface area contributed by atoms with E-state index >= 15 is 0 Å². The molecule has 0 fully saturated rings. The molecule has 1 atom stereocenters. The van der Waals surface area contributed by atoms with Crippen LogP contribution in [0.3, 0.4) is 0 Å². The van der Waals surface area contributed by atoms with E-state index in [9.17, 15) is 19.8 Å². The summed E-state index contributed by atoms with van der Waals surface area (Å²) in [7, 11) is 5.36. The number of carbonyl (C=O) groups is 2. The van der Waals surface area contributed by atoms with Gasteiger partial charge in [0, 0.05) is 17.8 Å².